The van der Waals surface area contributed by atoms with Crippen LogP contribution in [0.2, 0.25) is 0 Å². The second-order valence-corrected chi connectivity index (χ2v) is 6.58. The van der Waals surface area contributed by atoms with Crippen LogP contribution in [0, 0.1) is 0 Å². The number of nitrogens with one attached hydrogen (secondary N) is 2. The standard InChI is InChI=1S/C16H23BrN2O/c1-12(10-13-6-8-14(17)9-7-13)19-16(20)11-18-15-4-2-3-5-15/h6-9,12,15,18H,2-5,10-11H2,1H3,(H,19,20). The van der Waals surface area contributed by atoms with Crippen molar-refractivity contribution < 1.29 is 4.79 Å². The van der Waals surface area contributed by atoms with E-state index in [1.165, 1.54) is 31.2 Å². The molecule has 2 rings (SSSR count). The van der Waals surface area contributed by atoms with Gasteiger partial charge in [-0.2, -0.15) is 0 Å². The van der Waals surface area contributed by atoms with E-state index in [2.05, 4.69) is 45.6 Å². The average Bonchev–Trinajstić information content (AvgIpc) is 2.92. The van der Waals surface area contributed by atoms with Gasteiger partial charge in [0.15, 0.2) is 0 Å². The number of halogens is 1. The van der Waals surface area contributed by atoms with Crippen molar-refractivity contribution in [2.24, 2.45) is 0 Å². The van der Waals surface area contributed by atoms with Crippen LogP contribution in [0.4, 0.5) is 0 Å². The van der Waals surface area contributed by atoms with E-state index >= 15 is 0 Å². The molecule has 1 aromatic rings. The zero-order valence-corrected chi connectivity index (χ0v) is 13.6. The molecule has 1 aromatic carbocycles. The van der Waals surface area contributed by atoms with E-state index in [0.717, 1.165) is 10.9 Å². The fourth-order valence-electron chi connectivity index (χ4n) is 2.72. The van der Waals surface area contributed by atoms with Gasteiger partial charge in [-0.3, -0.25) is 4.79 Å². The van der Waals surface area contributed by atoms with Gasteiger partial charge in [-0.25, -0.2) is 0 Å². The molecule has 0 aromatic heterocycles. The van der Waals surface area contributed by atoms with Crippen molar-refractivity contribution in [2.75, 3.05) is 6.54 Å². The molecule has 0 heterocycles. The molecule has 0 spiro atoms. The second-order valence-electron chi connectivity index (χ2n) is 5.66. The summed E-state index contributed by atoms with van der Waals surface area (Å²) in [7, 11) is 0. The number of carbonyl (C=O) groups excluding carboxylic acids is 1. The molecule has 0 bridgehead atoms. The van der Waals surface area contributed by atoms with E-state index in [4.69, 9.17) is 0 Å². The molecule has 0 radical (unpaired) electrons. The van der Waals surface area contributed by atoms with E-state index in [0.29, 0.717) is 12.6 Å². The van der Waals surface area contributed by atoms with E-state index in [1.807, 2.05) is 12.1 Å². The van der Waals surface area contributed by atoms with Gasteiger partial charge in [-0.1, -0.05) is 40.9 Å². The van der Waals surface area contributed by atoms with Gasteiger partial charge in [0.05, 0.1) is 6.54 Å². The Kier molecular flexibility index (Phi) is 6.05. The topological polar surface area (TPSA) is 41.1 Å². The molecule has 0 saturated heterocycles. The summed E-state index contributed by atoms with van der Waals surface area (Å²) >= 11 is 3.43. The summed E-state index contributed by atoms with van der Waals surface area (Å²) in [6, 6.07) is 8.95. The lowest BCUT2D eigenvalue weighted by atomic mass is 10.1. The maximum atomic E-state index is 11.9. The molecule has 1 aliphatic rings. The Morgan fingerprint density at radius 2 is 1.95 bits per heavy atom. The van der Waals surface area contributed by atoms with Crippen LogP contribution in [0.15, 0.2) is 28.7 Å². The van der Waals surface area contributed by atoms with Gasteiger partial charge >= 0.3 is 0 Å². The highest BCUT2D eigenvalue weighted by Gasteiger charge is 2.15. The molecule has 1 aliphatic carbocycles. The first-order valence-corrected chi connectivity index (χ1v) is 8.20. The van der Waals surface area contributed by atoms with Gasteiger partial charge in [-0.15, -0.1) is 0 Å². The molecule has 1 unspecified atom stereocenters. The van der Waals surface area contributed by atoms with Crippen molar-refractivity contribution >= 4 is 21.8 Å². The molecule has 1 saturated carbocycles. The van der Waals surface area contributed by atoms with Gasteiger partial charge in [0.1, 0.15) is 0 Å². The van der Waals surface area contributed by atoms with Crippen molar-refractivity contribution in [3.63, 3.8) is 0 Å². The third-order valence-electron chi connectivity index (χ3n) is 3.77. The van der Waals surface area contributed by atoms with Crippen molar-refractivity contribution in [2.45, 2.75) is 51.1 Å². The molecular weight excluding hydrogens is 316 g/mol. The summed E-state index contributed by atoms with van der Waals surface area (Å²) in [6.45, 7) is 2.49. The largest absolute Gasteiger partial charge is 0.352 e. The van der Waals surface area contributed by atoms with Crippen LogP contribution in [-0.2, 0) is 11.2 Å². The van der Waals surface area contributed by atoms with Gasteiger partial charge < -0.3 is 10.6 Å². The highest BCUT2D eigenvalue weighted by Crippen LogP contribution is 2.17. The van der Waals surface area contributed by atoms with Crippen LogP contribution < -0.4 is 10.6 Å². The summed E-state index contributed by atoms with van der Waals surface area (Å²) < 4.78 is 1.08. The number of hydrogen-bond acceptors (Lipinski definition) is 2. The zero-order valence-electron chi connectivity index (χ0n) is 12.0. The van der Waals surface area contributed by atoms with Crippen molar-refractivity contribution in [1.82, 2.24) is 10.6 Å². The number of hydrogen-bond donors (Lipinski definition) is 2. The van der Waals surface area contributed by atoms with Gasteiger partial charge in [0.25, 0.3) is 0 Å². The maximum Gasteiger partial charge on any atom is 0.234 e. The minimum Gasteiger partial charge on any atom is -0.352 e. The minimum atomic E-state index is 0.0986. The van der Waals surface area contributed by atoms with E-state index < -0.39 is 0 Å². The van der Waals surface area contributed by atoms with Crippen molar-refractivity contribution in [1.29, 1.82) is 0 Å². The lowest BCUT2D eigenvalue weighted by molar-refractivity contribution is -0.120. The quantitative estimate of drug-likeness (QED) is 0.836. The summed E-state index contributed by atoms with van der Waals surface area (Å²) in [5.74, 6) is 0.0986. The van der Waals surface area contributed by atoms with Crippen LogP contribution in [0.25, 0.3) is 0 Å². The van der Waals surface area contributed by atoms with Gasteiger partial charge in [0.2, 0.25) is 5.91 Å². The molecule has 4 heteroatoms. The normalized spacial score (nSPS) is 17.1. The minimum absolute atomic E-state index is 0.0986. The Balaban J connectivity index is 1.68. The molecule has 1 amide bonds. The van der Waals surface area contributed by atoms with Gasteiger partial charge in [-0.05, 0) is 43.9 Å². The molecular formula is C16H23BrN2O. The van der Waals surface area contributed by atoms with Crippen LogP contribution in [0.3, 0.4) is 0 Å². The molecule has 110 valence electrons. The summed E-state index contributed by atoms with van der Waals surface area (Å²) in [5, 5.41) is 6.39. The lowest BCUT2D eigenvalue weighted by Gasteiger charge is -2.16. The average molecular weight is 339 g/mol. The zero-order chi connectivity index (χ0) is 14.4. The van der Waals surface area contributed by atoms with Crippen LogP contribution in [-0.4, -0.2) is 24.5 Å². The summed E-state index contributed by atoms with van der Waals surface area (Å²) in [5.41, 5.74) is 1.24. The molecule has 2 N–H and O–H groups in total. The molecule has 0 aliphatic heterocycles. The van der Waals surface area contributed by atoms with E-state index in [9.17, 15) is 4.79 Å². The number of amides is 1. The van der Waals surface area contributed by atoms with Gasteiger partial charge in [0, 0.05) is 16.6 Å². The molecule has 1 atom stereocenters. The van der Waals surface area contributed by atoms with Crippen LogP contribution >= 0.6 is 15.9 Å². The van der Waals surface area contributed by atoms with Crippen LogP contribution in [0.1, 0.15) is 38.2 Å². The lowest BCUT2D eigenvalue weighted by Crippen LogP contribution is -2.42. The molecule has 20 heavy (non-hydrogen) atoms. The first kappa shape index (κ1) is 15.5. The number of rotatable bonds is 6. The molecule has 1 fully saturated rings. The summed E-state index contributed by atoms with van der Waals surface area (Å²) in [4.78, 5) is 11.9. The Hall–Kier alpha value is -0.870. The predicted octanol–water partition coefficient (Wildman–Crippen LogP) is 3.03. The highest BCUT2D eigenvalue weighted by atomic mass is 79.9. The first-order chi connectivity index (χ1) is 9.63. The van der Waals surface area contributed by atoms with E-state index in [-0.39, 0.29) is 11.9 Å². The van der Waals surface area contributed by atoms with E-state index in [1.54, 1.807) is 0 Å². The predicted molar refractivity (Wildman–Crippen MR) is 85.7 cm³/mol. The monoisotopic (exact) mass is 338 g/mol. The van der Waals surface area contributed by atoms with Crippen LogP contribution in [0.5, 0.6) is 0 Å². The first-order valence-electron chi connectivity index (χ1n) is 7.40. The second kappa shape index (κ2) is 7.79. The molecule has 3 nitrogen and oxygen atoms in total. The smallest absolute Gasteiger partial charge is 0.234 e. The highest BCUT2D eigenvalue weighted by molar-refractivity contribution is 9.10. The Morgan fingerprint density at radius 1 is 1.30 bits per heavy atom. The number of benzene rings is 1. The number of carbonyl (C=O) groups is 1. The summed E-state index contributed by atoms with van der Waals surface area (Å²) in [6.07, 6.45) is 5.87. The Morgan fingerprint density at radius 3 is 2.60 bits per heavy atom. The SMILES string of the molecule is CC(Cc1ccc(Br)cc1)NC(=O)CNC1CCCC1. The third kappa shape index (κ3) is 5.25. The Labute approximate surface area is 129 Å². The fourth-order valence-corrected chi connectivity index (χ4v) is 2.98. The maximum absolute atomic E-state index is 11.9. The third-order valence-corrected chi connectivity index (χ3v) is 4.30. The fraction of sp³-hybridized carbons (Fsp3) is 0.562. The van der Waals surface area contributed by atoms with Crippen molar-refractivity contribution in [3.8, 4) is 0 Å². The Bertz CT molecular complexity index is 427. The van der Waals surface area contributed by atoms with Crippen molar-refractivity contribution in [3.05, 3.63) is 34.3 Å².